The van der Waals surface area contributed by atoms with E-state index in [2.05, 4.69) is 28.8 Å². The second-order valence-corrected chi connectivity index (χ2v) is 7.29. The topological polar surface area (TPSA) is 108 Å². The lowest BCUT2D eigenvalue weighted by molar-refractivity contribution is -0.384. The predicted molar refractivity (Wildman–Crippen MR) is 115 cm³/mol. The summed E-state index contributed by atoms with van der Waals surface area (Å²) in [4.78, 5) is 22.9. The molecule has 2 aromatic rings. The number of nitrogens with zero attached hydrogens (tertiary/aromatic N) is 2. The van der Waals surface area contributed by atoms with E-state index in [1.165, 1.54) is 54.4 Å². The van der Waals surface area contributed by atoms with E-state index in [-0.39, 0.29) is 17.3 Å². The summed E-state index contributed by atoms with van der Waals surface area (Å²) in [6.07, 6.45) is 6.60. The number of hydrogen-bond donors (Lipinski definition) is 2. The molecule has 0 heterocycles. The van der Waals surface area contributed by atoms with E-state index in [4.69, 9.17) is 0 Å². The van der Waals surface area contributed by atoms with Crippen LogP contribution < -0.4 is 10.6 Å². The minimum atomic E-state index is -0.487. The molecule has 1 aliphatic rings. The lowest BCUT2D eigenvalue weighted by Crippen LogP contribution is -2.29. The number of nitro groups is 1. The number of carbonyl (C=O) groups excluding carboxylic acids is 1. The molecular weight excluding hydrogens is 380 g/mol. The Labute approximate surface area is 175 Å². The van der Waals surface area contributed by atoms with Crippen molar-refractivity contribution < 1.29 is 9.72 Å². The summed E-state index contributed by atoms with van der Waals surface area (Å²) in [6.45, 7) is 2.00. The van der Waals surface area contributed by atoms with Gasteiger partial charge >= 0.3 is 0 Å². The molecule has 3 rings (SSSR count). The molecule has 0 saturated carbocycles. The second-order valence-electron chi connectivity index (χ2n) is 7.29. The molecule has 2 N–H and O–H groups in total. The third-order valence-corrected chi connectivity index (χ3v) is 5.31. The monoisotopic (exact) mass is 404 g/mol. The van der Waals surface area contributed by atoms with Gasteiger partial charge in [0.2, 0.25) is 0 Å². The van der Waals surface area contributed by atoms with Crippen molar-refractivity contribution in [1.29, 1.82) is 5.26 Å². The summed E-state index contributed by atoms with van der Waals surface area (Å²) in [5.41, 5.74) is 4.23. The third-order valence-electron chi connectivity index (χ3n) is 5.31. The van der Waals surface area contributed by atoms with Crippen molar-refractivity contribution in [2.24, 2.45) is 0 Å². The van der Waals surface area contributed by atoms with Crippen LogP contribution in [0.1, 0.15) is 48.9 Å². The van der Waals surface area contributed by atoms with Gasteiger partial charge in [0.1, 0.15) is 11.6 Å². The zero-order chi connectivity index (χ0) is 21.5. The predicted octanol–water partition coefficient (Wildman–Crippen LogP) is 4.56. The lowest BCUT2D eigenvalue weighted by Gasteiger charge is -2.21. The van der Waals surface area contributed by atoms with Crippen LogP contribution in [-0.2, 0) is 17.6 Å². The van der Waals surface area contributed by atoms with Gasteiger partial charge in [0.05, 0.1) is 11.0 Å². The Hall–Kier alpha value is -3.66. The van der Waals surface area contributed by atoms with Gasteiger partial charge in [-0.1, -0.05) is 25.1 Å². The van der Waals surface area contributed by atoms with Crippen molar-refractivity contribution in [2.75, 3.05) is 5.32 Å². The van der Waals surface area contributed by atoms with Crippen LogP contribution in [-0.4, -0.2) is 10.8 Å². The van der Waals surface area contributed by atoms with E-state index in [0.29, 0.717) is 12.1 Å². The maximum absolute atomic E-state index is 12.6. The molecule has 1 amide bonds. The highest BCUT2D eigenvalue weighted by Crippen LogP contribution is 2.26. The molecule has 0 aliphatic heterocycles. The number of amides is 1. The maximum atomic E-state index is 12.6. The van der Waals surface area contributed by atoms with E-state index in [1.807, 2.05) is 13.0 Å². The number of carbonyl (C=O) groups is 1. The van der Waals surface area contributed by atoms with Crippen LogP contribution in [0.2, 0.25) is 0 Å². The fraction of sp³-hybridized carbons (Fsp3) is 0.304. The minimum Gasteiger partial charge on any atom is -0.360 e. The molecule has 1 atom stereocenters. The normalized spacial score (nSPS) is 14.2. The average Bonchev–Trinajstić information content (AvgIpc) is 2.77. The Morgan fingerprint density at radius 1 is 1.20 bits per heavy atom. The number of non-ortho nitro benzene ring substituents is 1. The van der Waals surface area contributed by atoms with Crippen molar-refractivity contribution in [3.63, 3.8) is 0 Å². The van der Waals surface area contributed by atoms with E-state index in [9.17, 15) is 20.2 Å². The van der Waals surface area contributed by atoms with Gasteiger partial charge in [-0.25, -0.2) is 0 Å². The van der Waals surface area contributed by atoms with Crippen LogP contribution in [0.3, 0.4) is 0 Å². The van der Waals surface area contributed by atoms with Crippen LogP contribution in [0.25, 0.3) is 0 Å². The Balaban J connectivity index is 1.69. The minimum absolute atomic E-state index is 0.0291. The number of benzene rings is 2. The Bertz CT molecular complexity index is 1010. The molecule has 0 radical (unpaired) electrons. The molecule has 7 heteroatoms. The van der Waals surface area contributed by atoms with Gasteiger partial charge < -0.3 is 10.6 Å². The zero-order valence-corrected chi connectivity index (χ0v) is 16.9. The number of fused-ring (bicyclic) bond motifs is 1. The molecule has 0 aromatic heterocycles. The summed E-state index contributed by atoms with van der Waals surface area (Å²) < 4.78 is 0. The van der Waals surface area contributed by atoms with Gasteiger partial charge in [0, 0.05) is 24.0 Å². The summed E-state index contributed by atoms with van der Waals surface area (Å²) in [5.74, 6) is -0.462. The molecule has 0 fully saturated rings. The van der Waals surface area contributed by atoms with E-state index >= 15 is 0 Å². The van der Waals surface area contributed by atoms with Crippen molar-refractivity contribution in [1.82, 2.24) is 5.32 Å². The average molecular weight is 404 g/mol. The van der Waals surface area contributed by atoms with E-state index < -0.39 is 10.8 Å². The lowest BCUT2D eigenvalue weighted by atomic mass is 9.88. The molecule has 1 aliphatic carbocycles. The van der Waals surface area contributed by atoms with Gasteiger partial charge in [0.15, 0.2) is 0 Å². The first kappa shape index (κ1) is 21.1. The van der Waals surface area contributed by atoms with Crippen molar-refractivity contribution in [3.05, 3.63) is 81.0 Å². The van der Waals surface area contributed by atoms with Crippen molar-refractivity contribution in [2.45, 2.75) is 45.1 Å². The first-order valence-electron chi connectivity index (χ1n) is 10.1. The number of aryl methyl sites for hydroxylation is 2. The first-order valence-corrected chi connectivity index (χ1v) is 10.1. The number of hydrogen-bond acceptors (Lipinski definition) is 5. The summed E-state index contributed by atoms with van der Waals surface area (Å²) in [7, 11) is 0. The Morgan fingerprint density at radius 2 is 1.90 bits per heavy atom. The van der Waals surface area contributed by atoms with Crippen molar-refractivity contribution >= 4 is 17.3 Å². The van der Waals surface area contributed by atoms with E-state index in [1.54, 1.807) is 0 Å². The highest BCUT2D eigenvalue weighted by atomic mass is 16.6. The van der Waals surface area contributed by atoms with Gasteiger partial charge in [-0.2, -0.15) is 5.26 Å². The fourth-order valence-electron chi connectivity index (χ4n) is 3.61. The molecule has 7 nitrogen and oxygen atoms in total. The first-order chi connectivity index (χ1) is 14.5. The number of anilines is 1. The molecule has 2 aromatic carbocycles. The third kappa shape index (κ3) is 5.03. The smallest absolute Gasteiger partial charge is 0.269 e. The van der Waals surface area contributed by atoms with Gasteiger partial charge in [0.25, 0.3) is 11.6 Å². The van der Waals surface area contributed by atoms with Crippen LogP contribution in [0.15, 0.2) is 54.2 Å². The largest absolute Gasteiger partial charge is 0.360 e. The molecule has 0 saturated heterocycles. The molecule has 0 bridgehead atoms. The van der Waals surface area contributed by atoms with Crippen LogP contribution in [0.4, 0.5) is 11.4 Å². The molecule has 1 unspecified atom stereocenters. The summed E-state index contributed by atoms with van der Waals surface area (Å²) in [6, 6.07) is 13.9. The highest BCUT2D eigenvalue weighted by Gasteiger charge is 2.18. The number of nitrogens with one attached hydrogen (secondary N) is 2. The van der Waals surface area contributed by atoms with Gasteiger partial charge in [-0.15, -0.1) is 0 Å². The standard InChI is InChI=1S/C23H24N4O3/c1-2-22(18-8-7-16-5-3-4-6-17(16)13-18)26-23(28)19(14-24)15-25-20-9-11-21(12-10-20)27(29)30/h7-13,15,22,25H,2-6H2,1H3,(H,26,28)/b19-15-. The highest BCUT2D eigenvalue weighted by molar-refractivity contribution is 5.97. The Kier molecular flexibility index (Phi) is 6.81. The SMILES string of the molecule is CCC(NC(=O)/C(C#N)=C\Nc1ccc([N+](=O)[O-])cc1)c1ccc2c(c1)CCCC2. The molecule has 154 valence electrons. The zero-order valence-electron chi connectivity index (χ0n) is 16.9. The van der Waals surface area contributed by atoms with Gasteiger partial charge in [-0.05, 0) is 60.9 Å². The quantitative estimate of drug-likeness (QED) is 0.304. The van der Waals surface area contributed by atoms with Crippen molar-refractivity contribution in [3.8, 4) is 6.07 Å². The van der Waals surface area contributed by atoms with Crippen LogP contribution in [0, 0.1) is 21.4 Å². The number of nitro benzene ring substituents is 1. The Morgan fingerprint density at radius 3 is 2.53 bits per heavy atom. The molecular formula is C23H24N4O3. The maximum Gasteiger partial charge on any atom is 0.269 e. The van der Waals surface area contributed by atoms with Gasteiger partial charge in [-0.3, -0.25) is 14.9 Å². The second kappa shape index (κ2) is 9.70. The molecule has 0 spiro atoms. The van der Waals surface area contributed by atoms with E-state index in [0.717, 1.165) is 18.4 Å². The number of rotatable bonds is 7. The van der Waals surface area contributed by atoms with Crippen LogP contribution >= 0.6 is 0 Å². The molecule has 30 heavy (non-hydrogen) atoms. The summed E-state index contributed by atoms with van der Waals surface area (Å²) >= 11 is 0. The summed E-state index contributed by atoms with van der Waals surface area (Å²) in [5, 5.41) is 25.9. The van der Waals surface area contributed by atoms with Crippen LogP contribution in [0.5, 0.6) is 0 Å². The number of nitriles is 1. The fourth-order valence-corrected chi connectivity index (χ4v) is 3.61.